The highest BCUT2D eigenvalue weighted by Gasteiger charge is 2.03. The Kier molecular flexibility index (Phi) is 2.38. The van der Waals surface area contributed by atoms with Crippen LogP contribution in [0, 0.1) is 0 Å². The normalized spacial score (nSPS) is 9.79. The second-order valence-electron chi connectivity index (χ2n) is 2.72. The molecule has 4 heteroatoms. The second-order valence-corrected chi connectivity index (χ2v) is 2.72. The summed E-state index contributed by atoms with van der Waals surface area (Å²) in [5, 5.41) is 10.9. The van der Waals surface area contributed by atoms with Crippen LogP contribution >= 0.6 is 0 Å². The van der Waals surface area contributed by atoms with Crippen LogP contribution in [0.15, 0.2) is 49.1 Å². The molecule has 0 fully saturated rings. The molecule has 0 radical (unpaired) electrons. The number of pyridine rings is 2. The molecular weight excluding hydrogens is 178 g/mol. The van der Waals surface area contributed by atoms with Gasteiger partial charge in [-0.2, -0.15) is 0 Å². The summed E-state index contributed by atoms with van der Waals surface area (Å²) in [4.78, 5) is 7.74. The van der Waals surface area contributed by atoms with Crippen LogP contribution in [-0.2, 0) is 0 Å². The predicted molar refractivity (Wildman–Crippen MR) is 52.4 cm³/mol. The number of hydrogen-bond donors (Lipinski definition) is 1. The molecule has 0 spiro atoms. The van der Waals surface area contributed by atoms with E-state index in [2.05, 4.69) is 9.97 Å². The van der Waals surface area contributed by atoms with Crippen molar-refractivity contribution in [2.75, 3.05) is 5.06 Å². The monoisotopic (exact) mass is 187 g/mol. The third-order valence-electron chi connectivity index (χ3n) is 1.81. The first-order valence-electron chi connectivity index (χ1n) is 4.17. The minimum Gasteiger partial charge on any atom is -0.284 e. The van der Waals surface area contributed by atoms with Crippen molar-refractivity contribution in [3.63, 3.8) is 0 Å². The molecule has 2 aromatic heterocycles. The standard InChI is InChI=1S/C10H9N3O/c14-13(9-1-5-11-6-2-9)10-3-7-12-8-4-10/h1-8,14H. The molecule has 14 heavy (non-hydrogen) atoms. The van der Waals surface area contributed by atoms with E-state index < -0.39 is 0 Å². The molecule has 0 atom stereocenters. The van der Waals surface area contributed by atoms with Crippen LogP contribution in [0.25, 0.3) is 0 Å². The minimum atomic E-state index is 0.672. The molecule has 0 saturated heterocycles. The lowest BCUT2D eigenvalue weighted by Crippen LogP contribution is -2.10. The van der Waals surface area contributed by atoms with E-state index >= 15 is 0 Å². The van der Waals surface area contributed by atoms with Gasteiger partial charge in [-0.3, -0.25) is 15.2 Å². The Labute approximate surface area is 81.4 Å². The first-order valence-corrected chi connectivity index (χ1v) is 4.17. The van der Waals surface area contributed by atoms with E-state index in [0.717, 1.165) is 5.06 Å². The Bertz CT molecular complexity index is 351. The lowest BCUT2D eigenvalue weighted by Gasteiger charge is -2.15. The van der Waals surface area contributed by atoms with Gasteiger partial charge in [-0.1, -0.05) is 0 Å². The summed E-state index contributed by atoms with van der Waals surface area (Å²) < 4.78 is 0. The Morgan fingerprint density at radius 3 is 1.50 bits per heavy atom. The molecule has 0 unspecified atom stereocenters. The Hall–Kier alpha value is -1.94. The summed E-state index contributed by atoms with van der Waals surface area (Å²) in [6, 6.07) is 6.89. The van der Waals surface area contributed by atoms with Gasteiger partial charge in [-0.25, -0.2) is 5.06 Å². The van der Waals surface area contributed by atoms with Gasteiger partial charge in [0.1, 0.15) is 0 Å². The maximum Gasteiger partial charge on any atom is 0.0723 e. The van der Waals surface area contributed by atoms with Crippen molar-refractivity contribution in [1.82, 2.24) is 9.97 Å². The minimum absolute atomic E-state index is 0.672. The van der Waals surface area contributed by atoms with E-state index in [1.165, 1.54) is 0 Å². The van der Waals surface area contributed by atoms with Crippen LogP contribution in [0.1, 0.15) is 0 Å². The van der Waals surface area contributed by atoms with Crippen molar-refractivity contribution in [3.05, 3.63) is 49.1 Å². The van der Waals surface area contributed by atoms with Gasteiger partial charge in [0.05, 0.1) is 11.4 Å². The van der Waals surface area contributed by atoms with E-state index in [4.69, 9.17) is 0 Å². The van der Waals surface area contributed by atoms with E-state index in [1.807, 2.05) is 0 Å². The van der Waals surface area contributed by atoms with Gasteiger partial charge in [0.15, 0.2) is 0 Å². The summed E-state index contributed by atoms with van der Waals surface area (Å²) in [6.07, 6.45) is 6.50. The van der Waals surface area contributed by atoms with Crippen molar-refractivity contribution >= 4 is 11.4 Å². The van der Waals surface area contributed by atoms with Crippen molar-refractivity contribution < 1.29 is 5.21 Å². The van der Waals surface area contributed by atoms with Crippen molar-refractivity contribution in [3.8, 4) is 0 Å². The maximum atomic E-state index is 9.77. The van der Waals surface area contributed by atoms with Gasteiger partial charge in [0.2, 0.25) is 0 Å². The fraction of sp³-hybridized carbons (Fsp3) is 0. The zero-order valence-corrected chi connectivity index (χ0v) is 7.41. The Balaban J connectivity index is 2.30. The predicted octanol–water partition coefficient (Wildman–Crippen LogP) is 2.00. The SMILES string of the molecule is ON(c1ccncc1)c1ccncc1. The van der Waals surface area contributed by atoms with E-state index in [1.54, 1.807) is 49.1 Å². The number of aromatic nitrogens is 2. The van der Waals surface area contributed by atoms with Gasteiger partial charge >= 0.3 is 0 Å². The fourth-order valence-electron chi connectivity index (χ4n) is 1.12. The first-order chi connectivity index (χ1) is 6.88. The van der Waals surface area contributed by atoms with Gasteiger partial charge in [-0.05, 0) is 24.3 Å². The van der Waals surface area contributed by atoms with Crippen LogP contribution < -0.4 is 5.06 Å². The average Bonchev–Trinajstić information content (AvgIpc) is 2.30. The third kappa shape index (κ3) is 1.70. The van der Waals surface area contributed by atoms with Gasteiger partial charge in [-0.15, -0.1) is 0 Å². The molecule has 0 aliphatic carbocycles. The van der Waals surface area contributed by atoms with E-state index in [9.17, 15) is 5.21 Å². The van der Waals surface area contributed by atoms with Crippen LogP contribution in [0.4, 0.5) is 11.4 Å². The molecule has 2 aromatic rings. The second kappa shape index (κ2) is 3.85. The number of rotatable bonds is 2. The molecule has 0 saturated carbocycles. The Morgan fingerprint density at radius 2 is 1.14 bits per heavy atom. The van der Waals surface area contributed by atoms with Crippen molar-refractivity contribution in [1.29, 1.82) is 0 Å². The van der Waals surface area contributed by atoms with Crippen LogP contribution in [-0.4, -0.2) is 15.2 Å². The molecule has 0 aromatic carbocycles. The molecule has 70 valence electrons. The number of nitrogens with zero attached hydrogens (tertiary/aromatic N) is 3. The molecule has 1 N–H and O–H groups in total. The van der Waals surface area contributed by atoms with Crippen molar-refractivity contribution in [2.24, 2.45) is 0 Å². The van der Waals surface area contributed by atoms with E-state index in [0.29, 0.717) is 11.4 Å². The first kappa shape index (κ1) is 8.65. The summed E-state index contributed by atoms with van der Waals surface area (Å²) >= 11 is 0. The Morgan fingerprint density at radius 1 is 0.786 bits per heavy atom. The third-order valence-corrected chi connectivity index (χ3v) is 1.81. The summed E-state index contributed by atoms with van der Waals surface area (Å²) in [6.45, 7) is 0. The fourth-order valence-corrected chi connectivity index (χ4v) is 1.12. The average molecular weight is 187 g/mol. The summed E-state index contributed by atoms with van der Waals surface area (Å²) in [5.74, 6) is 0. The maximum absolute atomic E-state index is 9.77. The summed E-state index contributed by atoms with van der Waals surface area (Å²) in [5.41, 5.74) is 1.34. The molecule has 0 aliphatic rings. The van der Waals surface area contributed by atoms with Crippen LogP contribution in [0.5, 0.6) is 0 Å². The highest BCUT2D eigenvalue weighted by atomic mass is 16.5. The largest absolute Gasteiger partial charge is 0.284 e. The molecule has 0 aliphatic heterocycles. The van der Waals surface area contributed by atoms with Crippen LogP contribution in [0.2, 0.25) is 0 Å². The lowest BCUT2D eigenvalue weighted by atomic mass is 10.3. The molecule has 4 nitrogen and oxygen atoms in total. The summed E-state index contributed by atoms with van der Waals surface area (Å²) in [7, 11) is 0. The molecular formula is C10H9N3O. The smallest absolute Gasteiger partial charge is 0.0723 e. The van der Waals surface area contributed by atoms with Gasteiger partial charge in [0, 0.05) is 24.8 Å². The zero-order valence-electron chi connectivity index (χ0n) is 7.41. The van der Waals surface area contributed by atoms with Gasteiger partial charge in [0.25, 0.3) is 0 Å². The number of anilines is 2. The quantitative estimate of drug-likeness (QED) is 0.730. The number of hydrogen-bond acceptors (Lipinski definition) is 4. The lowest BCUT2D eigenvalue weighted by molar-refractivity contribution is 0.301. The molecule has 2 heterocycles. The van der Waals surface area contributed by atoms with Crippen LogP contribution in [0.3, 0.4) is 0 Å². The van der Waals surface area contributed by atoms with E-state index in [-0.39, 0.29) is 0 Å². The molecule has 0 amide bonds. The zero-order chi connectivity index (χ0) is 9.80. The van der Waals surface area contributed by atoms with Gasteiger partial charge < -0.3 is 0 Å². The highest BCUT2D eigenvalue weighted by Crippen LogP contribution is 2.20. The van der Waals surface area contributed by atoms with Crippen molar-refractivity contribution in [2.45, 2.75) is 0 Å². The molecule has 2 rings (SSSR count). The topological polar surface area (TPSA) is 49.2 Å². The highest BCUT2D eigenvalue weighted by molar-refractivity contribution is 5.58. The molecule has 0 bridgehead atoms.